The van der Waals surface area contributed by atoms with E-state index in [2.05, 4.69) is 71.5 Å². The highest BCUT2D eigenvalue weighted by Gasteiger charge is 2.34. The van der Waals surface area contributed by atoms with E-state index in [1.165, 1.54) is 11.1 Å². The molecule has 0 fully saturated rings. The van der Waals surface area contributed by atoms with Crippen molar-refractivity contribution in [3.05, 3.63) is 65.5 Å². The molecule has 1 atom stereocenters. The van der Waals surface area contributed by atoms with Gasteiger partial charge in [0.15, 0.2) is 5.78 Å². The molecule has 6 heteroatoms. The van der Waals surface area contributed by atoms with Crippen LogP contribution in [0.1, 0.15) is 41.8 Å². The minimum absolute atomic E-state index is 0.114. The highest BCUT2D eigenvalue weighted by Crippen LogP contribution is 2.31. The van der Waals surface area contributed by atoms with Crippen molar-refractivity contribution in [3.8, 4) is 0 Å². The van der Waals surface area contributed by atoms with Gasteiger partial charge in [0, 0.05) is 37.6 Å². The maximum Gasteiger partial charge on any atom is 0.177 e. The quantitative estimate of drug-likeness (QED) is 0.617. The minimum Gasteiger partial charge on any atom is -0.380 e. The highest BCUT2D eigenvalue weighted by molar-refractivity contribution is 6.16. The summed E-state index contributed by atoms with van der Waals surface area (Å²) in [7, 11) is 4.12. The van der Waals surface area contributed by atoms with Crippen LogP contribution in [0.15, 0.2) is 53.8 Å². The van der Waals surface area contributed by atoms with Crippen LogP contribution in [0.5, 0.6) is 0 Å². The number of ketones is 1. The molecule has 33 heavy (non-hydrogen) atoms. The number of nitrogens with zero attached hydrogens (tertiary/aromatic N) is 4. The van der Waals surface area contributed by atoms with Gasteiger partial charge < -0.3 is 15.1 Å². The predicted molar refractivity (Wildman–Crippen MR) is 137 cm³/mol. The van der Waals surface area contributed by atoms with E-state index < -0.39 is 0 Å². The Morgan fingerprint density at radius 2 is 2.00 bits per heavy atom. The molecule has 0 bridgehead atoms. The number of pyridine rings is 1. The Morgan fingerprint density at radius 3 is 2.67 bits per heavy atom. The first-order valence-corrected chi connectivity index (χ1v) is 11.9. The third-order valence-corrected chi connectivity index (χ3v) is 6.59. The molecular weight excluding hydrogens is 410 g/mol. The average Bonchev–Trinajstić information content (AvgIpc) is 3.21. The van der Waals surface area contributed by atoms with Crippen molar-refractivity contribution in [3.63, 3.8) is 0 Å². The zero-order chi connectivity index (χ0) is 23.4. The molecule has 2 aliphatic rings. The van der Waals surface area contributed by atoms with Crippen LogP contribution in [0.25, 0.3) is 0 Å². The molecule has 0 spiro atoms. The number of carbonyl (C=O) groups excluding carboxylic acids is 1. The van der Waals surface area contributed by atoms with Gasteiger partial charge in [-0.2, -0.15) is 0 Å². The summed E-state index contributed by atoms with van der Waals surface area (Å²) >= 11 is 0. The second-order valence-corrected chi connectivity index (χ2v) is 9.32. The largest absolute Gasteiger partial charge is 0.380 e. The van der Waals surface area contributed by atoms with Crippen molar-refractivity contribution >= 4 is 23.0 Å². The van der Waals surface area contributed by atoms with Crippen LogP contribution in [0.2, 0.25) is 0 Å². The van der Waals surface area contributed by atoms with Crippen LogP contribution < -0.4 is 10.2 Å². The predicted octanol–water partition coefficient (Wildman–Crippen LogP) is 4.23. The Labute approximate surface area is 197 Å². The third kappa shape index (κ3) is 5.33. The normalized spacial score (nSPS) is 18.8. The number of fused-ring (bicyclic) bond motifs is 2. The van der Waals surface area contributed by atoms with Crippen LogP contribution >= 0.6 is 0 Å². The monoisotopic (exact) mass is 445 g/mol. The lowest BCUT2D eigenvalue weighted by Gasteiger charge is -2.33. The topological polar surface area (TPSA) is 60.8 Å². The summed E-state index contributed by atoms with van der Waals surface area (Å²) in [5, 5.41) is 3.61. The van der Waals surface area contributed by atoms with E-state index in [-0.39, 0.29) is 11.7 Å². The van der Waals surface area contributed by atoms with Gasteiger partial charge in [-0.1, -0.05) is 30.3 Å². The van der Waals surface area contributed by atoms with Crippen molar-refractivity contribution < 1.29 is 4.79 Å². The van der Waals surface area contributed by atoms with Gasteiger partial charge in [-0.3, -0.25) is 9.79 Å². The second-order valence-electron chi connectivity index (χ2n) is 9.32. The number of anilines is 2. The number of rotatable bonds is 8. The fourth-order valence-electron chi connectivity index (χ4n) is 4.71. The molecule has 6 nitrogen and oxygen atoms in total. The van der Waals surface area contributed by atoms with Crippen LogP contribution in [0, 0.1) is 5.92 Å². The number of carbonyl (C=O) groups is 1. The molecule has 1 aromatic carbocycles. The Hall–Kier alpha value is -2.99. The maximum absolute atomic E-state index is 13.5. The molecule has 1 aliphatic heterocycles. The number of benzene rings is 1. The van der Waals surface area contributed by atoms with E-state index in [1.54, 1.807) is 0 Å². The SMILES string of the molecule is CCN1CC(C(C)=N/C=C\CCN(C)C)C(=O)c2cc(NC3Cc4ccccc4C3)cnc21. The van der Waals surface area contributed by atoms with Crippen molar-refractivity contribution in [1.29, 1.82) is 0 Å². The summed E-state index contributed by atoms with van der Waals surface area (Å²) in [4.78, 5) is 27.1. The molecule has 1 N–H and O–H groups in total. The number of hydrogen-bond donors (Lipinski definition) is 1. The lowest BCUT2D eigenvalue weighted by molar-refractivity contribution is 0.0950. The summed E-state index contributed by atoms with van der Waals surface area (Å²) in [6.45, 7) is 6.48. The zero-order valence-electron chi connectivity index (χ0n) is 20.2. The number of nitrogens with one attached hydrogen (secondary N) is 1. The number of aliphatic imine (C=N–C) groups is 1. The van der Waals surface area contributed by atoms with Gasteiger partial charge >= 0.3 is 0 Å². The first-order chi connectivity index (χ1) is 16.0. The Kier molecular flexibility index (Phi) is 7.23. The molecule has 0 radical (unpaired) electrons. The fourth-order valence-corrected chi connectivity index (χ4v) is 4.71. The third-order valence-electron chi connectivity index (χ3n) is 6.59. The molecular formula is C27H35N5O. The van der Waals surface area contributed by atoms with Crippen molar-refractivity contribution in [2.75, 3.05) is 43.9 Å². The number of hydrogen-bond acceptors (Lipinski definition) is 6. The van der Waals surface area contributed by atoms with Gasteiger partial charge in [0.25, 0.3) is 0 Å². The summed E-state index contributed by atoms with van der Waals surface area (Å²) in [5.41, 5.74) is 5.27. The van der Waals surface area contributed by atoms with E-state index in [0.29, 0.717) is 18.2 Å². The number of aromatic nitrogens is 1. The molecule has 1 aromatic heterocycles. The maximum atomic E-state index is 13.5. The number of Topliss-reactive ketones (excluding diaryl/α,β-unsaturated/α-hetero) is 1. The van der Waals surface area contributed by atoms with Crippen molar-refractivity contribution in [2.45, 2.75) is 39.2 Å². The van der Waals surface area contributed by atoms with Crippen LogP contribution in [0.4, 0.5) is 11.5 Å². The molecule has 174 valence electrons. The Morgan fingerprint density at radius 1 is 1.27 bits per heavy atom. The first kappa shape index (κ1) is 23.2. The van der Waals surface area contributed by atoms with Crippen LogP contribution in [-0.4, -0.2) is 61.2 Å². The average molecular weight is 446 g/mol. The van der Waals surface area contributed by atoms with Gasteiger partial charge in [-0.15, -0.1) is 0 Å². The summed E-state index contributed by atoms with van der Waals surface area (Å²) in [6, 6.07) is 10.9. The molecule has 2 heterocycles. The highest BCUT2D eigenvalue weighted by atomic mass is 16.1. The molecule has 2 aromatic rings. The van der Waals surface area contributed by atoms with E-state index in [9.17, 15) is 4.79 Å². The zero-order valence-corrected chi connectivity index (χ0v) is 20.2. The molecule has 4 rings (SSSR count). The second kappa shape index (κ2) is 10.3. The molecule has 1 aliphatic carbocycles. The van der Waals surface area contributed by atoms with Crippen LogP contribution in [-0.2, 0) is 12.8 Å². The molecule has 1 unspecified atom stereocenters. The summed E-state index contributed by atoms with van der Waals surface area (Å²) in [6.07, 6.45) is 8.70. The molecule has 0 amide bonds. The van der Waals surface area contributed by atoms with E-state index >= 15 is 0 Å². The smallest absolute Gasteiger partial charge is 0.177 e. The van der Waals surface area contributed by atoms with Crippen molar-refractivity contribution in [1.82, 2.24) is 9.88 Å². The van der Waals surface area contributed by atoms with E-state index in [0.717, 1.165) is 49.6 Å². The van der Waals surface area contributed by atoms with Gasteiger partial charge in [-0.25, -0.2) is 4.98 Å². The van der Waals surface area contributed by atoms with Crippen LogP contribution in [0.3, 0.4) is 0 Å². The van der Waals surface area contributed by atoms with Gasteiger partial charge in [0.1, 0.15) is 5.82 Å². The van der Waals surface area contributed by atoms with E-state index in [4.69, 9.17) is 4.98 Å². The van der Waals surface area contributed by atoms with Crippen molar-refractivity contribution in [2.24, 2.45) is 10.9 Å². The molecule has 0 saturated heterocycles. The fraction of sp³-hybridized carbons (Fsp3) is 0.444. The lowest BCUT2D eigenvalue weighted by Crippen LogP contribution is -2.42. The minimum atomic E-state index is -0.247. The van der Waals surface area contributed by atoms with E-state index in [1.807, 2.05) is 25.4 Å². The van der Waals surface area contributed by atoms with Gasteiger partial charge in [0.2, 0.25) is 0 Å². The standard InChI is InChI=1S/C27H35N5O/c1-5-32-18-25(19(2)28-12-8-9-13-31(3)4)26(33)24-16-23(17-29-27(24)32)30-22-14-20-10-6-7-11-21(20)15-22/h6-8,10-12,16-17,22,25,30H,5,9,13-15,18H2,1-4H3/b12-8-,28-19?. The lowest BCUT2D eigenvalue weighted by atomic mass is 9.89. The summed E-state index contributed by atoms with van der Waals surface area (Å²) < 4.78 is 0. The molecule has 0 saturated carbocycles. The van der Waals surface area contributed by atoms with Gasteiger partial charge in [0.05, 0.1) is 23.4 Å². The Balaban J connectivity index is 1.49. The Bertz CT molecular complexity index is 1030. The first-order valence-electron chi connectivity index (χ1n) is 11.9. The van der Waals surface area contributed by atoms with Gasteiger partial charge in [-0.05, 0) is 64.4 Å². The summed E-state index contributed by atoms with van der Waals surface area (Å²) in [5.74, 6) is 0.653.